The van der Waals surface area contributed by atoms with Gasteiger partial charge < -0.3 is 15.1 Å². The number of anilines is 1. The van der Waals surface area contributed by atoms with Crippen molar-refractivity contribution in [2.24, 2.45) is 4.99 Å². The number of guanidine groups is 1. The lowest BCUT2D eigenvalue weighted by atomic mass is 10.3. The Morgan fingerprint density at radius 3 is 2.62 bits per heavy atom. The number of nitrogens with one attached hydrogen (secondary N) is 1. The van der Waals surface area contributed by atoms with Gasteiger partial charge in [-0.25, -0.2) is 9.97 Å². The van der Waals surface area contributed by atoms with E-state index < -0.39 is 0 Å². The first kappa shape index (κ1) is 15.9. The molecule has 21 heavy (non-hydrogen) atoms. The topological polar surface area (TPSA) is 56.7 Å². The van der Waals surface area contributed by atoms with E-state index in [1.54, 1.807) is 12.4 Å². The van der Waals surface area contributed by atoms with Crippen molar-refractivity contribution in [3.05, 3.63) is 18.5 Å². The van der Waals surface area contributed by atoms with Gasteiger partial charge >= 0.3 is 0 Å². The SMILES string of the molecule is CN=C(NCCCSC)N1CCN(c2ncccn2)CC1. The highest BCUT2D eigenvalue weighted by Gasteiger charge is 2.20. The van der Waals surface area contributed by atoms with E-state index in [4.69, 9.17) is 0 Å². The zero-order chi connectivity index (χ0) is 14.9. The van der Waals surface area contributed by atoms with Crippen molar-refractivity contribution in [3.63, 3.8) is 0 Å². The maximum absolute atomic E-state index is 4.38. The first-order chi connectivity index (χ1) is 10.3. The Hall–Kier alpha value is -1.50. The highest BCUT2D eigenvalue weighted by atomic mass is 32.2. The molecule has 2 heterocycles. The van der Waals surface area contributed by atoms with Crippen LogP contribution in [-0.4, -0.2) is 72.6 Å². The lowest BCUT2D eigenvalue weighted by Gasteiger charge is -2.36. The smallest absolute Gasteiger partial charge is 0.225 e. The Bertz CT molecular complexity index is 430. The van der Waals surface area contributed by atoms with E-state index in [-0.39, 0.29) is 0 Å². The van der Waals surface area contributed by atoms with Gasteiger partial charge in [0.25, 0.3) is 0 Å². The van der Waals surface area contributed by atoms with Crippen molar-refractivity contribution in [1.82, 2.24) is 20.2 Å². The van der Waals surface area contributed by atoms with E-state index in [9.17, 15) is 0 Å². The molecule has 0 unspecified atom stereocenters. The molecule has 6 nitrogen and oxygen atoms in total. The molecule has 1 fully saturated rings. The maximum atomic E-state index is 4.38. The highest BCUT2D eigenvalue weighted by Crippen LogP contribution is 2.09. The maximum Gasteiger partial charge on any atom is 0.225 e. The van der Waals surface area contributed by atoms with Crippen LogP contribution in [0.25, 0.3) is 0 Å². The van der Waals surface area contributed by atoms with Gasteiger partial charge in [0.15, 0.2) is 5.96 Å². The van der Waals surface area contributed by atoms with E-state index in [1.165, 1.54) is 5.75 Å². The van der Waals surface area contributed by atoms with Gasteiger partial charge in [-0.3, -0.25) is 4.99 Å². The molecule has 0 aromatic carbocycles. The molecule has 1 N–H and O–H groups in total. The Balaban J connectivity index is 1.79. The molecule has 1 aliphatic heterocycles. The summed E-state index contributed by atoms with van der Waals surface area (Å²) >= 11 is 1.88. The lowest BCUT2D eigenvalue weighted by molar-refractivity contribution is 0.370. The number of aromatic nitrogens is 2. The number of thioether (sulfide) groups is 1. The van der Waals surface area contributed by atoms with Gasteiger partial charge in [-0.15, -0.1) is 0 Å². The summed E-state index contributed by atoms with van der Waals surface area (Å²) in [5, 5.41) is 3.44. The van der Waals surface area contributed by atoms with E-state index in [0.29, 0.717) is 0 Å². The minimum Gasteiger partial charge on any atom is -0.356 e. The van der Waals surface area contributed by atoms with E-state index in [1.807, 2.05) is 24.9 Å². The molecule has 0 bridgehead atoms. The number of hydrogen-bond donors (Lipinski definition) is 1. The van der Waals surface area contributed by atoms with Gasteiger partial charge in [-0.1, -0.05) is 0 Å². The normalized spacial score (nSPS) is 16.2. The highest BCUT2D eigenvalue weighted by molar-refractivity contribution is 7.98. The van der Waals surface area contributed by atoms with E-state index in [2.05, 4.69) is 36.3 Å². The number of aliphatic imine (C=N–C) groups is 1. The first-order valence-electron chi connectivity index (χ1n) is 7.31. The van der Waals surface area contributed by atoms with Crippen LogP contribution < -0.4 is 10.2 Å². The van der Waals surface area contributed by atoms with Crippen LogP contribution >= 0.6 is 11.8 Å². The van der Waals surface area contributed by atoms with Crippen molar-refractivity contribution in [1.29, 1.82) is 0 Å². The molecular formula is C14H24N6S. The largest absolute Gasteiger partial charge is 0.356 e. The van der Waals surface area contributed by atoms with Crippen LogP contribution in [-0.2, 0) is 0 Å². The fourth-order valence-corrected chi connectivity index (χ4v) is 2.75. The quantitative estimate of drug-likeness (QED) is 0.496. The van der Waals surface area contributed by atoms with Crippen LogP contribution in [0, 0.1) is 0 Å². The zero-order valence-corrected chi connectivity index (χ0v) is 13.6. The molecule has 7 heteroatoms. The number of rotatable bonds is 5. The van der Waals surface area contributed by atoms with Gasteiger partial charge in [-0.05, 0) is 24.5 Å². The predicted molar refractivity (Wildman–Crippen MR) is 90.2 cm³/mol. The minimum atomic E-state index is 0.820. The molecule has 0 spiro atoms. The van der Waals surface area contributed by atoms with E-state index >= 15 is 0 Å². The fraction of sp³-hybridized carbons (Fsp3) is 0.643. The molecule has 1 saturated heterocycles. The third kappa shape index (κ3) is 4.77. The van der Waals surface area contributed by atoms with Gasteiger partial charge in [0.05, 0.1) is 0 Å². The van der Waals surface area contributed by atoms with Crippen LogP contribution in [0.5, 0.6) is 0 Å². The van der Waals surface area contributed by atoms with Gasteiger partial charge in [-0.2, -0.15) is 11.8 Å². The van der Waals surface area contributed by atoms with E-state index in [0.717, 1.165) is 51.1 Å². The molecule has 116 valence electrons. The molecule has 0 radical (unpaired) electrons. The summed E-state index contributed by atoms with van der Waals surface area (Å²) in [5.74, 6) is 3.01. The molecule has 0 atom stereocenters. The monoisotopic (exact) mass is 308 g/mol. The molecule has 1 aromatic heterocycles. The average Bonchev–Trinajstić information content (AvgIpc) is 2.56. The Morgan fingerprint density at radius 2 is 2.00 bits per heavy atom. The molecule has 2 rings (SSSR count). The summed E-state index contributed by atoms with van der Waals surface area (Å²) < 4.78 is 0. The standard InChI is InChI=1S/C14H24N6S/c1-15-13(16-7-4-12-21-2)19-8-10-20(11-9-19)14-17-5-3-6-18-14/h3,5-6H,4,7-12H2,1-2H3,(H,15,16). The molecule has 0 saturated carbocycles. The van der Waals surface area contributed by atoms with Crippen molar-refractivity contribution in [2.45, 2.75) is 6.42 Å². The molecule has 0 aliphatic carbocycles. The Labute approximate surface area is 131 Å². The van der Waals surface area contributed by atoms with Crippen molar-refractivity contribution in [2.75, 3.05) is 56.7 Å². The number of hydrogen-bond acceptors (Lipinski definition) is 5. The molecule has 0 amide bonds. The summed E-state index contributed by atoms with van der Waals surface area (Å²) in [4.78, 5) is 17.5. The molecule has 1 aliphatic rings. The minimum absolute atomic E-state index is 0.820. The average molecular weight is 308 g/mol. The Morgan fingerprint density at radius 1 is 1.29 bits per heavy atom. The second-order valence-electron chi connectivity index (χ2n) is 4.84. The number of piperazine rings is 1. The third-order valence-corrected chi connectivity index (χ3v) is 4.13. The first-order valence-corrected chi connectivity index (χ1v) is 8.71. The molecule has 1 aromatic rings. The van der Waals surface area contributed by atoms with Gasteiger partial charge in [0, 0.05) is 52.2 Å². The van der Waals surface area contributed by atoms with Crippen LogP contribution in [0.2, 0.25) is 0 Å². The summed E-state index contributed by atoms with van der Waals surface area (Å²) in [7, 11) is 1.85. The molecular weight excluding hydrogens is 284 g/mol. The second-order valence-corrected chi connectivity index (χ2v) is 5.83. The van der Waals surface area contributed by atoms with Crippen LogP contribution in [0.15, 0.2) is 23.5 Å². The summed E-state index contributed by atoms with van der Waals surface area (Å²) in [6, 6.07) is 1.85. The Kier molecular flexibility index (Phi) is 6.59. The second kappa shape index (κ2) is 8.71. The van der Waals surface area contributed by atoms with Gasteiger partial charge in [0.2, 0.25) is 5.95 Å². The summed E-state index contributed by atoms with van der Waals surface area (Å²) in [6.45, 7) is 4.72. The van der Waals surface area contributed by atoms with Crippen LogP contribution in [0.4, 0.5) is 5.95 Å². The van der Waals surface area contributed by atoms with Crippen molar-refractivity contribution < 1.29 is 0 Å². The van der Waals surface area contributed by atoms with Crippen molar-refractivity contribution in [3.8, 4) is 0 Å². The van der Waals surface area contributed by atoms with Crippen LogP contribution in [0.3, 0.4) is 0 Å². The van der Waals surface area contributed by atoms with Crippen LogP contribution in [0.1, 0.15) is 6.42 Å². The number of nitrogens with zero attached hydrogens (tertiary/aromatic N) is 5. The predicted octanol–water partition coefficient (Wildman–Crippen LogP) is 0.927. The lowest BCUT2D eigenvalue weighted by Crippen LogP contribution is -2.53. The zero-order valence-electron chi connectivity index (χ0n) is 12.8. The fourth-order valence-electron chi connectivity index (χ4n) is 2.32. The van der Waals surface area contributed by atoms with Gasteiger partial charge in [0.1, 0.15) is 0 Å². The van der Waals surface area contributed by atoms with Crippen molar-refractivity contribution >= 4 is 23.7 Å². The summed E-state index contributed by atoms with van der Waals surface area (Å²) in [6.07, 6.45) is 6.89. The third-order valence-electron chi connectivity index (χ3n) is 3.43. The summed E-state index contributed by atoms with van der Waals surface area (Å²) in [5.41, 5.74) is 0.